The van der Waals surface area contributed by atoms with Crippen molar-refractivity contribution in [2.24, 2.45) is 5.92 Å². The lowest BCUT2D eigenvalue weighted by Gasteiger charge is -2.04. The summed E-state index contributed by atoms with van der Waals surface area (Å²) in [6.07, 6.45) is 7.69. The van der Waals surface area contributed by atoms with Crippen LogP contribution in [0.25, 0.3) is 0 Å². The van der Waals surface area contributed by atoms with Gasteiger partial charge in [-0.05, 0) is 18.8 Å². The van der Waals surface area contributed by atoms with Gasteiger partial charge in [0, 0.05) is 0 Å². The third-order valence-corrected chi connectivity index (χ3v) is 2.10. The third kappa shape index (κ3) is 9.92. The molecule has 0 aliphatic heterocycles. The van der Waals surface area contributed by atoms with Crippen LogP contribution in [0, 0.1) is 11.1 Å². The van der Waals surface area contributed by atoms with Crippen molar-refractivity contribution in [3.63, 3.8) is 0 Å². The van der Waals surface area contributed by atoms with Crippen molar-refractivity contribution in [3.8, 4) is 0 Å². The first kappa shape index (κ1) is 11.9. The Morgan fingerprint density at radius 1 is 1.00 bits per heavy atom. The number of hydroxylamine groups is 1. The maximum absolute atomic E-state index is 9.98. The second-order valence-corrected chi connectivity index (χ2v) is 3.91. The van der Waals surface area contributed by atoms with Crippen molar-refractivity contribution in [2.75, 3.05) is 6.54 Å². The zero-order valence-electron chi connectivity index (χ0n) is 8.51. The summed E-state index contributed by atoms with van der Waals surface area (Å²) in [5.41, 5.74) is 1.02. The normalized spacial score (nSPS) is 11.0. The molecule has 0 saturated heterocycles. The maximum Gasteiger partial charge on any atom is 0.0752 e. The van der Waals surface area contributed by atoms with Crippen LogP contribution < -0.4 is 5.48 Å². The Kier molecular flexibility index (Phi) is 8.95. The van der Waals surface area contributed by atoms with Gasteiger partial charge in [-0.2, -0.15) is 0 Å². The number of hydrogen-bond acceptors (Lipinski definition) is 1. The number of unbranched alkanes of at least 4 members (excludes halogenated alkanes) is 4. The predicted octanol–water partition coefficient (Wildman–Crippen LogP) is 2.04. The van der Waals surface area contributed by atoms with E-state index in [0.717, 1.165) is 24.4 Å². The molecule has 74 valence electrons. The monoisotopic (exact) mass is 173 g/mol. The van der Waals surface area contributed by atoms with Gasteiger partial charge in [-0.15, -0.1) is 0 Å². The average molecular weight is 173 g/mol. The summed E-state index contributed by atoms with van der Waals surface area (Å²) < 4.78 is 0. The minimum atomic E-state index is 0.754. The van der Waals surface area contributed by atoms with Crippen molar-refractivity contribution in [3.05, 3.63) is 5.21 Å². The molecule has 0 atom stereocenters. The molecule has 2 N–H and O–H groups in total. The van der Waals surface area contributed by atoms with E-state index < -0.39 is 0 Å². The molecule has 0 saturated carbocycles. The fourth-order valence-corrected chi connectivity index (χ4v) is 1.31. The largest absolute Gasteiger partial charge is 0.636 e. The van der Waals surface area contributed by atoms with E-state index in [0.29, 0.717) is 0 Å². The van der Waals surface area contributed by atoms with Gasteiger partial charge in [0.05, 0.1) is 6.54 Å². The first-order valence-electron chi connectivity index (χ1n) is 5.21. The lowest BCUT2D eigenvalue weighted by atomic mass is 10.0. The van der Waals surface area contributed by atoms with E-state index in [4.69, 9.17) is 0 Å². The second-order valence-electron chi connectivity index (χ2n) is 3.91. The van der Waals surface area contributed by atoms with Gasteiger partial charge < -0.3 is 10.7 Å². The molecule has 0 heterocycles. The predicted molar refractivity (Wildman–Crippen MR) is 52.7 cm³/mol. The molecule has 0 aliphatic carbocycles. The van der Waals surface area contributed by atoms with Crippen molar-refractivity contribution < 1.29 is 5.48 Å². The highest BCUT2D eigenvalue weighted by Gasteiger charge is 1.94. The molecule has 0 bridgehead atoms. The van der Waals surface area contributed by atoms with E-state index in [1.807, 2.05) is 0 Å². The van der Waals surface area contributed by atoms with Gasteiger partial charge in [0.25, 0.3) is 0 Å². The number of quaternary nitrogens is 1. The lowest BCUT2D eigenvalue weighted by Crippen LogP contribution is -2.77. The average Bonchev–Trinajstić information content (AvgIpc) is 2.02. The molecule has 0 fully saturated rings. The minimum absolute atomic E-state index is 0.754. The summed E-state index contributed by atoms with van der Waals surface area (Å²) in [4.78, 5) is 0. The molecular formula is C10H23NO. The summed E-state index contributed by atoms with van der Waals surface area (Å²) in [6, 6.07) is 0. The molecule has 0 aromatic heterocycles. The summed E-state index contributed by atoms with van der Waals surface area (Å²) in [7, 11) is 0. The van der Waals surface area contributed by atoms with Crippen LogP contribution in [0.1, 0.15) is 52.4 Å². The van der Waals surface area contributed by atoms with Crippen LogP contribution in [0.5, 0.6) is 0 Å². The molecular weight excluding hydrogens is 150 g/mol. The Morgan fingerprint density at radius 3 is 2.17 bits per heavy atom. The number of hydrogen-bond donors (Lipinski definition) is 1. The molecule has 0 aromatic carbocycles. The van der Waals surface area contributed by atoms with E-state index in [-0.39, 0.29) is 0 Å². The maximum atomic E-state index is 9.98. The van der Waals surface area contributed by atoms with Gasteiger partial charge >= 0.3 is 0 Å². The van der Waals surface area contributed by atoms with E-state index >= 15 is 0 Å². The molecule has 0 rings (SSSR count). The highest BCUT2D eigenvalue weighted by molar-refractivity contribution is 4.47. The molecule has 0 aliphatic rings. The zero-order valence-corrected chi connectivity index (χ0v) is 8.51. The zero-order chi connectivity index (χ0) is 9.23. The van der Waals surface area contributed by atoms with Gasteiger partial charge in [0.1, 0.15) is 0 Å². The second kappa shape index (κ2) is 9.01. The lowest BCUT2D eigenvalue weighted by molar-refractivity contribution is -0.589. The molecule has 2 heteroatoms. The van der Waals surface area contributed by atoms with Crippen molar-refractivity contribution >= 4 is 0 Å². The summed E-state index contributed by atoms with van der Waals surface area (Å²) in [5, 5.41) is 9.98. The highest BCUT2D eigenvalue weighted by atomic mass is 16.5. The Balaban J connectivity index is 2.82. The standard InChI is InChI=1S/C10H23NO/c1-10(2)8-6-4-3-5-7-9-11-12/h10H,3-9,11H2,1-2H3. The van der Waals surface area contributed by atoms with Crippen LogP contribution in [-0.2, 0) is 0 Å². The van der Waals surface area contributed by atoms with Crippen LogP contribution in [0.15, 0.2) is 0 Å². The number of nitrogens with two attached hydrogens (primary N) is 1. The van der Waals surface area contributed by atoms with Crippen molar-refractivity contribution in [1.29, 1.82) is 0 Å². The topological polar surface area (TPSA) is 39.7 Å². The molecule has 0 unspecified atom stereocenters. The Bertz CT molecular complexity index is 83.9. The number of rotatable bonds is 8. The van der Waals surface area contributed by atoms with Crippen LogP contribution >= 0.6 is 0 Å². The Morgan fingerprint density at radius 2 is 1.58 bits per heavy atom. The smallest absolute Gasteiger partial charge is 0.0752 e. The van der Waals surface area contributed by atoms with Gasteiger partial charge in [-0.3, -0.25) is 0 Å². The summed E-state index contributed by atoms with van der Waals surface area (Å²) in [5.74, 6) is 0.847. The fourth-order valence-electron chi connectivity index (χ4n) is 1.31. The molecule has 0 aromatic rings. The first-order valence-corrected chi connectivity index (χ1v) is 5.21. The van der Waals surface area contributed by atoms with Crippen molar-refractivity contribution in [2.45, 2.75) is 52.4 Å². The van der Waals surface area contributed by atoms with E-state index in [1.165, 1.54) is 32.1 Å². The van der Waals surface area contributed by atoms with Gasteiger partial charge in [0.2, 0.25) is 0 Å². The summed E-state index contributed by atoms with van der Waals surface area (Å²) in [6.45, 7) is 5.29. The summed E-state index contributed by atoms with van der Waals surface area (Å²) >= 11 is 0. The van der Waals surface area contributed by atoms with Crippen LogP contribution in [0.3, 0.4) is 0 Å². The quantitative estimate of drug-likeness (QED) is 0.443. The molecule has 2 nitrogen and oxygen atoms in total. The minimum Gasteiger partial charge on any atom is -0.636 e. The molecule has 0 amide bonds. The van der Waals surface area contributed by atoms with Crippen LogP contribution in [0.4, 0.5) is 0 Å². The fraction of sp³-hybridized carbons (Fsp3) is 1.00. The van der Waals surface area contributed by atoms with Crippen molar-refractivity contribution in [1.82, 2.24) is 0 Å². The van der Waals surface area contributed by atoms with Gasteiger partial charge in [-0.25, -0.2) is 0 Å². The molecule has 12 heavy (non-hydrogen) atoms. The van der Waals surface area contributed by atoms with Crippen LogP contribution in [0.2, 0.25) is 0 Å². The first-order chi connectivity index (χ1) is 5.77. The molecule has 0 spiro atoms. The molecule has 0 radical (unpaired) electrons. The third-order valence-electron chi connectivity index (χ3n) is 2.10. The van der Waals surface area contributed by atoms with E-state index in [9.17, 15) is 5.21 Å². The van der Waals surface area contributed by atoms with E-state index in [2.05, 4.69) is 13.8 Å². The Labute approximate surface area is 76.3 Å². The highest BCUT2D eigenvalue weighted by Crippen LogP contribution is 2.09. The van der Waals surface area contributed by atoms with E-state index in [1.54, 1.807) is 0 Å². The van der Waals surface area contributed by atoms with Gasteiger partial charge in [0.15, 0.2) is 0 Å². The van der Waals surface area contributed by atoms with Crippen LogP contribution in [-0.4, -0.2) is 6.54 Å². The SMILES string of the molecule is CC(C)CCCCCCC[NH2+][O-]. The van der Waals surface area contributed by atoms with Gasteiger partial charge in [-0.1, -0.05) is 39.5 Å². The Hall–Kier alpha value is -0.0800.